The Morgan fingerprint density at radius 2 is 1.83 bits per heavy atom. The predicted octanol–water partition coefficient (Wildman–Crippen LogP) is 4.35. The second-order valence-electron chi connectivity index (χ2n) is 6.52. The van der Waals surface area contributed by atoms with E-state index in [2.05, 4.69) is 10.3 Å². The zero-order chi connectivity index (χ0) is 20.5. The van der Waals surface area contributed by atoms with E-state index in [1.54, 1.807) is 0 Å². The van der Waals surface area contributed by atoms with Crippen molar-refractivity contribution in [2.45, 2.75) is 13.5 Å². The third-order valence-corrected chi connectivity index (χ3v) is 5.35. The maximum Gasteiger partial charge on any atom is 0.263 e. The highest BCUT2D eigenvalue weighted by molar-refractivity contribution is 7.17. The molecule has 4 rings (SSSR count). The van der Waals surface area contributed by atoms with Crippen molar-refractivity contribution in [1.82, 2.24) is 9.55 Å². The van der Waals surface area contributed by atoms with E-state index in [1.165, 1.54) is 23.7 Å². The van der Waals surface area contributed by atoms with Crippen molar-refractivity contribution in [3.8, 4) is 11.1 Å². The number of hydrogen-bond donors (Lipinski definition) is 1. The normalized spacial score (nSPS) is 11.0. The van der Waals surface area contributed by atoms with E-state index in [9.17, 15) is 18.4 Å². The first-order valence-corrected chi connectivity index (χ1v) is 9.59. The van der Waals surface area contributed by atoms with Gasteiger partial charge in [0.1, 0.15) is 28.7 Å². The fraction of sp³-hybridized carbons (Fsp3) is 0.0952. The summed E-state index contributed by atoms with van der Waals surface area (Å²) in [4.78, 5) is 30.1. The topological polar surface area (TPSA) is 64.0 Å². The van der Waals surface area contributed by atoms with Crippen molar-refractivity contribution in [3.63, 3.8) is 0 Å². The minimum Gasteiger partial charge on any atom is -0.320 e. The van der Waals surface area contributed by atoms with Crippen molar-refractivity contribution in [1.29, 1.82) is 0 Å². The lowest BCUT2D eigenvalue weighted by Gasteiger charge is -2.09. The van der Waals surface area contributed by atoms with Crippen molar-refractivity contribution in [3.05, 3.63) is 81.7 Å². The second-order valence-corrected chi connectivity index (χ2v) is 7.38. The third-order valence-electron chi connectivity index (χ3n) is 4.46. The predicted molar refractivity (Wildman–Crippen MR) is 109 cm³/mol. The van der Waals surface area contributed by atoms with Gasteiger partial charge >= 0.3 is 0 Å². The maximum absolute atomic E-state index is 13.7. The largest absolute Gasteiger partial charge is 0.320 e. The number of anilines is 1. The van der Waals surface area contributed by atoms with E-state index >= 15 is 0 Å². The first-order valence-electron chi connectivity index (χ1n) is 8.71. The summed E-state index contributed by atoms with van der Waals surface area (Å²) in [5.74, 6) is -2.51. The van der Waals surface area contributed by atoms with Crippen LogP contribution in [0, 0.1) is 18.6 Å². The summed E-state index contributed by atoms with van der Waals surface area (Å²) in [5, 5.41) is 4.43. The Morgan fingerprint density at radius 1 is 1.14 bits per heavy atom. The van der Waals surface area contributed by atoms with Gasteiger partial charge in [-0.3, -0.25) is 14.2 Å². The molecule has 146 valence electrons. The van der Waals surface area contributed by atoms with E-state index in [0.717, 1.165) is 33.4 Å². The molecular formula is C21H15F2N3O2S. The molecule has 4 aromatic rings. The quantitative estimate of drug-likeness (QED) is 0.543. The SMILES string of the molecule is Cc1ccc(-c2csc3ncn(CC(=O)Nc4c(F)cccc4F)c(=O)c23)cc1. The number of carbonyl (C=O) groups is 1. The molecule has 0 atom stereocenters. The number of hydrogen-bond acceptors (Lipinski definition) is 4. The van der Waals surface area contributed by atoms with Crippen molar-refractivity contribution in [2.75, 3.05) is 5.32 Å². The number of aromatic nitrogens is 2. The van der Waals surface area contributed by atoms with Crippen LogP contribution in [-0.2, 0) is 11.3 Å². The maximum atomic E-state index is 13.7. The van der Waals surface area contributed by atoms with Gasteiger partial charge in [0.25, 0.3) is 5.56 Å². The summed E-state index contributed by atoms with van der Waals surface area (Å²) in [6.45, 7) is 1.56. The molecule has 0 bridgehead atoms. The van der Waals surface area contributed by atoms with Crippen LogP contribution in [0.3, 0.4) is 0 Å². The summed E-state index contributed by atoms with van der Waals surface area (Å²) in [5.41, 5.74) is 1.76. The zero-order valence-electron chi connectivity index (χ0n) is 15.3. The van der Waals surface area contributed by atoms with Crippen LogP contribution in [0.4, 0.5) is 14.5 Å². The Hall–Kier alpha value is -3.39. The number of halogens is 2. The van der Waals surface area contributed by atoms with Crippen LogP contribution < -0.4 is 10.9 Å². The van der Waals surface area contributed by atoms with Crippen LogP contribution >= 0.6 is 11.3 Å². The second kappa shape index (κ2) is 7.56. The van der Waals surface area contributed by atoms with Crippen molar-refractivity contribution in [2.24, 2.45) is 0 Å². The van der Waals surface area contributed by atoms with E-state index in [-0.39, 0.29) is 0 Å². The molecule has 29 heavy (non-hydrogen) atoms. The fourth-order valence-corrected chi connectivity index (χ4v) is 3.88. The number of nitrogens with zero attached hydrogens (tertiary/aromatic N) is 2. The molecule has 1 amide bonds. The molecule has 0 aliphatic heterocycles. The summed E-state index contributed by atoms with van der Waals surface area (Å²) in [6.07, 6.45) is 1.26. The summed E-state index contributed by atoms with van der Waals surface area (Å²) >= 11 is 1.34. The minimum absolute atomic E-state index is 0.393. The van der Waals surface area contributed by atoms with Gasteiger partial charge in [0, 0.05) is 10.9 Å². The standard InChI is InChI=1S/C21H15F2N3O2S/c1-12-5-7-13(8-6-12)14-10-29-20-18(14)21(28)26(11-24-20)9-17(27)25-19-15(22)3-2-4-16(19)23/h2-8,10-11H,9H2,1H3,(H,25,27). The third kappa shape index (κ3) is 3.66. The number of benzene rings is 2. The van der Waals surface area contributed by atoms with Gasteiger partial charge in [0.2, 0.25) is 5.91 Å². The molecule has 2 heterocycles. The van der Waals surface area contributed by atoms with E-state index in [1.807, 2.05) is 36.6 Å². The van der Waals surface area contributed by atoms with Crippen LogP contribution in [0.1, 0.15) is 5.56 Å². The number of para-hydroxylation sites is 1. The number of rotatable bonds is 4. The molecule has 0 saturated carbocycles. The van der Waals surface area contributed by atoms with E-state index < -0.39 is 35.3 Å². The molecule has 0 unspecified atom stereocenters. The Balaban J connectivity index is 1.67. The van der Waals surface area contributed by atoms with Gasteiger partial charge in [-0.05, 0) is 24.6 Å². The van der Waals surface area contributed by atoms with Gasteiger partial charge in [0.05, 0.1) is 11.7 Å². The van der Waals surface area contributed by atoms with Gasteiger partial charge < -0.3 is 5.32 Å². The number of amides is 1. The van der Waals surface area contributed by atoms with E-state index in [0.29, 0.717) is 10.2 Å². The van der Waals surface area contributed by atoms with Crippen LogP contribution in [0.5, 0.6) is 0 Å². The van der Waals surface area contributed by atoms with Crippen LogP contribution in [0.15, 0.2) is 59.0 Å². The van der Waals surface area contributed by atoms with Gasteiger partial charge in [-0.2, -0.15) is 0 Å². The lowest BCUT2D eigenvalue weighted by molar-refractivity contribution is -0.116. The van der Waals surface area contributed by atoms with Gasteiger partial charge in [0.15, 0.2) is 0 Å². The first kappa shape index (κ1) is 18.9. The number of fused-ring (bicyclic) bond motifs is 1. The molecule has 0 aliphatic rings. The molecular weight excluding hydrogens is 396 g/mol. The Kier molecular flexibility index (Phi) is 4.94. The van der Waals surface area contributed by atoms with Crippen molar-refractivity contribution >= 4 is 33.1 Å². The minimum atomic E-state index is -0.890. The Labute approximate surface area is 168 Å². The monoisotopic (exact) mass is 411 g/mol. The molecule has 1 N–H and O–H groups in total. The molecule has 0 fully saturated rings. The Bertz CT molecular complexity index is 1260. The average molecular weight is 411 g/mol. The first-order chi connectivity index (χ1) is 13.9. The molecule has 0 saturated heterocycles. The highest BCUT2D eigenvalue weighted by Gasteiger charge is 2.16. The smallest absolute Gasteiger partial charge is 0.263 e. The molecule has 0 spiro atoms. The van der Waals surface area contributed by atoms with Gasteiger partial charge in [-0.1, -0.05) is 35.9 Å². The molecule has 5 nitrogen and oxygen atoms in total. The number of thiophene rings is 1. The summed E-state index contributed by atoms with van der Waals surface area (Å²) in [6, 6.07) is 11.0. The van der Waals surface area contributed by atoms with E-state index in [4.69, 9.17) is 0 Å². The number of nitrogens with one attached hydrogen (secondary N) is 1. The molecule has 0 aliphatic carbocycles. The van der Waals surface area contributed by atoms with Crippen molar-refractivity contribution < 1.29 is 13.6 Å². The molecule has 2 aromatic heterocycles. The highest BCUT2D eigenvalue weighted by Crippen LogP contribution is 2.30. The highest BCUT2D eigenvalue weighted by atomic mass is 32.1. The van der Waals surface area contributed by atoms with Gasteiger partial charge in [-0.25, -0.2) is 13.8 Å². The summed E-state index contributed by atoms with van der Waals surface area (Å²) in [7, 11) is 0. The number of carbonyl (C=O) groups excluding carboxylic acids is 1. The zero-order valence-corrected chi connectivity index (χ0v) is 16.1. The molecule has 2 aromatic carbocycles. The van der Waals surface area contributed by atoms with Crippen LogP contribution in [0.2, 0.25) is 0 Å². The van der Waals surface area contributed by atoms with Gasteiger partial charge in [-0.15, -0.1) is 11.3 Å². The van der Waals surface area contributed by atoms with Crippen LogP contribution in [-0.4, -0.2) is 15.5 Å². The lowest BCUT2D eigenvalue weighted by atomic mass is 10.1. The average Bonchev–Trinajstić information content (AvgIpc) is 3.13. The lowest BCUT2D eigenvalue weighted by Crippen LogP contribution is -2.28. The molecule has 0 radical (unpaired) electrons. The fourth-order valence-electron chi connectivity index (χ4n) is 2.98. The Morgan fingerprint density at radius 3 is 2.52 bits per heavy atom. The molecule has 8 heteroatoms. The number of aryl methyl sites for hydroxylation is 1. The summed E-state index contributed by atoms with van der Waals surface area (Å²) < 4.78 is 28.6. The van der Waals surface area contributed by atoms with Crippen LogP contribution in [0.25, 0.3) is 21.3 Å².